The average Bonchev–Trinajstić information content (AvgIpc) is 2.63. The molecule has 0 amide bonds. The minimum Gasteiger partial charge on any atom is -0.457 e. The fourth-order valence-corrected chi connectivity index (χ4v) is 3.48. The molecule has 0 radical (unpaired) electrons. The van der Waals surface area contributed by atoms with Gasteiger partial charge in [0.1, 0.15) is 17.8 Å². The van der Waals surface area contributed by atoms with Crippen molar-refractivity contribution in [2.75, 3.05) is 18.1 Å². The van der Waals surface area contributed by atoms with Crippen LogP contribution in [-0.2, 0) is 0 Å². The lowest BCUT2D eigenvalue weighted by atomic mass is 10.1. The van der Waals surface area contributed by atoms with Gasteiger partial charge in [-0.2, -0.15) is 0 Å². The zero-order valence-corrected chi connectivity index (χ0v) is 16.6. The van der Waals surface area contributed by atoms with Gasteiger partial charge < -0.3 is 4.74 Å². The lowest BCUT2D eigenvalue weighted by Crippen LogP contribution is -2.45. The highest BCUT2D eigenvalue weighted by molar-refractivity contribution is 6.42. The van der Waals surface area contributed by atoms with Gasteiger partial charge >= 0.3 is 0 Å². The van der Waals surface area contributed by atoms with E-state index in [0.717, 1.165) is 35.7 Å². The monoisotopic (exact) mass is 391 g/mol. The molecular formula is C20H23Cl2N3O. The molecule has 0 aliphatic carbocycles. The minimum absolute atomic E-state index is 0.468. The Morgan fingerprint density at radius 3 is 2.38 bits per heavy atom. The molecule has 0 saturated carbocycles. The third-order valence-electron chi connectivity index (χ3n) is 4.62. The Morgan fingerprint density at radius 1 is 1.00 bits per heavy atom. The first-order valence-corrected chi connectivity index (χ1v) is 9.54. The molecule has 1 fully saturated rings. The molecule has 0 aromatic heterocycles. The zero-order valence-electron chi connectivity index (χ0n) is 15.1. The largest absolute Gasteiger partial charge is 0.457 e. The van der Waals surface area contributed by atoms with E-state index in [1.165, 1.54) is 25.6 Å². The van der Waals surface area contributed by atoms with E-state index in [9.17, 15) is 0 Å². The van der Waals surface area contributed by atoms with E-state index in [1.807, 2.05) is 24.9 Å². The van der Waals surface area contributed by atoms with Gasteiger partial charge in [-0.25, -0.2) is 5.01 Å². The first kappa shape index (κ1) is 19.0. The van der Waals surface area contributed by atoms with Crippen molar-refractivity contribution in [1.29, 1.82) is 5.41 Å². The molecule has 138 valence electrons. The molecule has 0 spiro atoms. The molecule has 0 bridgehead atoms. The van der Waals surface area contributed by atoms with Crippen LogP contribution >= 0.6 is 23.2 Å². The highest BCUT2D eigenvalue weighted by atomic mass is 35.5. The number of piperidine rings is 1. The second-order valence-corrected chi connectivity index (χ2v) is 7.38. The fraction of sp³-hybridized carbons (Fsp3) is 0.350. The summed E-state index contributed by atoms with van der Waals surface area (Å²) >= 11 is 12.0. The summed E-state index contributed by atoms with van der Waals surface area (Å²) in [7, 11) is 0. The SMILES string of the molecule is Cc1cc(N(C=N)N2CCCCC2)c(C)cc1Oc1ccc(Cl)c(Cl)c1. The predicted molar refractivity (Wildman–Crippen MR) is 109 cm³/mol. The Kier molecular flexibility index (Phi) is 6.07. The van der Waals surface area contributed by atoms with E-state index in [1.54, 1.807) is 18.2 Å². The van der Waals surface area contributed by atoms with E-state index in [2.05, 4.69) is 11.1 Å². The van der Waals surface area contributed by atoms with Crippen molar-refractivity contribution in [2.45, 2.75) is 33.1 Å². The molecular weight excluding hydrogens is 369 g/mol. The van der Waals surface area contributed by atoms with Crippen LogP contribution in [0.2, 0.25) is 10.0 Å². The number of rotatable bonds is 5. The quantitative estimate of drug-likeness (QED) is 0.485. The Labute approximate surface area is 164 Å². The summed E-state index contributed by atoms with van der Waals surface area (Å²) in [5.74, 6) is 1.42. The van der Waals surface area contributed by atoms with Crippen LogP contribution in [0.15, 0.2) is 30.3 Å². The maximum atomic E-state index is 7.88. The summed E-state index contributed by atoms with van der Waals surface area (Å²) in [4.78, 5) is 0. The lowest BCUT2D eigenvalue weighted by Gasteiger charge is -2.36. The highest BCUT2D eigenvalue weighted by Crippen LogP contribution is 2.34. The zero-order chi connectivity index (χ0) is 18.7. The summed E-state index contributed by atoms with van der Waals surface area (Å²) in [5.41, 5.74) is 3.07. The molecule has 3 rings (SSSR count). The average molecular weight is 392 g/mol. The number of nitrogens with zero attached hydrogens (tertiary/aromatic N) is 2. The van der Waals surface area contributed by atoms with E-state index in [-0.39, 0.29) is 0 Å². The molecule has 2 aromatic rings. The standard InChI is InChI=1S/C20H23Cl2N3O/c1-14-11-20(26-16-6-7-17(21)18(22)12-16)15(2)10-19(14)25(13-23)24-8-4-3-5-9-24/h6-7,10-13,23H,3-5,8-9H2,1-2H3. The smallest absolute Gasteiger partial charge is 0.130 e. The molecule has 2 aromatic carbocycles. The van der Waals surface area contributed by atoms with Gasteiger partial charge in [0.25, 0.3) is 0 Å². The molecule has 1 saturated heterocycles. The number of ether oxygens (including phenoxy) is 1. The van der Waals surface area contributed by atoms with Crippen molar-refractivity contribution in [3.05, 3.63) is 51.5 Å². The molecule has 1 heterocycles. The first-order valence-electron chi connectivity index (χ1n) is 8.78. The summed E-state index contributed by atoms with van der Waals surface area (Å²) in [6.45, 7) is 6.01. The Bertz CT molecular complexity index is 804. The second-order valence-electron chi connectivity index (χ2n) is 6.57. The summed E-state index contributed by atoms with van der Waals surface area (Å²) in [5, 5.41) is 13.0. The molecule has 4 nitrogen and oxygen atoms in total. The Balaban J connectivity index is 1.87. The Hall–Kier alpha value is -1.75. The van der Waals surface area contributed by atoms with Gasteiger partial charge in [-0.1, -0.05) is 29.6 Å². The van der Waals surface area contributed by atoms with E-state index in [4.69, 9.17) is 33.3 Å². The number of aryl methyl sites for hydroxylation is 2. The number of hydrogen-bond donors (Lipinski definition) is 1. The third kappa shape index (κ3) is 4.14. The molecule has 26 heavy (non-hydrogen) atoms. The number of anilines is 1. The molecule has 6 heteroatoms. The number of nitrogens with one attached hydrogen (secondary N) is 1. The van der Waals surface area contributed by atoms with Crippen molar-refractivity contribution < 1.29 is 4.74 Å². The number of hydrogen-bond acceptors (Lipinski definition) is 3. The van der Waals surface area contributed by atoms with Gasteiger partial charge in [0.2, 0.25) is 0 Å². The lowest BCUT2D eigenvalue weighted by molar-refractivity contribution is 0.238. The van der Waals surface area contributed by atoms with Crippen LogP contribution in [0, 0.1) is 19.3 Å². The number of hydrazine groups is 1. The van der Waals surface area contributed by atoms with E-state index >= 15 is 0 Å². The van der Waals surface area contributed by atoms with Crippen LogP contribution in [0.25, 0.3) is 0 Å². The van der Waals surface area contributed by atoms with Crippen LogP contribution in [0.4, 0.5) is 5.69 Å². The minimum atomic E-state index is 0.468. The van der Waals surface area contributed by atoms with Crippen molar-refractivity contribution in [2.24, 2.45) is 0 Å². The van der Waals surface area contributed by atoms with Gasteiger partial charge in [0.15, 0.2) is 0 Å². The maximum Gasteiger partial charge on any atom is 0.130 e. The summed E-state index contributed by atoms with van der Waals surface area (Å²) < 4.78 is 6.01. The van der Waals surface area contributed by atoms with Crippen LogP contribution in [-0.4, -0.2) is 24.4 Å². The maximum absolute atomic E-state index is 7.88. The van der Waals surface area contributed by atoms with Crippen LogP contribution in [0.3, 0.4) is 0 Å². The Morgan fingerprint density at radius 2 is 1.73 bits per heavy atom. The van der Waals surface area contributed by atoms with Crippen molar-refractivity contribution in [1.82, 2.24) is 5.01 Å². The van der Waals surface area contributed by atoms with Crippen LogP contribution < -0.4 is 9.75 Å². The van der Waals surface area contributed by atoms with E-state index < -0.39 is 0 Å². The highest BCUT2D eigenvalue weighted by Gasteiger charge is 2.20. The summed E-state index contributed by atoms with van der Waals surface area (Å²) in [6.07, 6.45) is 4.99. The number of halogens is 2. The molecule has 0 unspecified atom stereocenters. The molecule has 1 aliphatic heterocycles. The van der Waals surface area contributed by atoms with Gasteiger partial charge in [-0.05, 0) is 62.1 Å². The van der Waals surface area contributed by atoms with Crippen LogP contribution in [0.1, 0.15) is 30.4 Å². The topological polar surface area (TPSA) is 39.6 Å². The number of benzene rings is 2. The molecule has 1 N–H and O–H groups in total. The van der Waals surface area contributed by atoms with Gasteiger partial charge in [0, 0.05) is 19.2 Å². The fourth-order valence-electron chi connectivity index (χ4n) is 3.19. The summed E-state index contributed by atoms with van der Waals surface area (Å²) in [6, 6.07) is 9.32. The van der Waals surface area contributed by atoms with Gasteiger partial charge in [-0.15, -0.1) is 0 Å². The van der Waals surface area contributed by atoms with Crippen molar-refractivity contribution >= 4 is 35.2 Å². The van der Waals surface area contributed by atoms with Gasteiger partial charge in [0.05, 0.1) is 15.7 Å². The first-order chi connectivity index (χ1) is 12.5. The van der Waals surface area contributed by atoms with Crippen molar-refractivity contribution in [3.8, 4) is 11.5 Å². The van der Waals surface area contributed by atoms with Gasteiger partial charge in [-0.3, -0.25) is 10.4 Å². The molecule has 0 atom stereocenters. The van der Waals surface area contributed by atoms with Crippen molar-refractivity contribution in [3.63, 3.8) is 0 Å². The predicted octanol–water partition coefficient (Wildman–Crippen LogP) is 6.22. The van der Waals surface area contributed by atoms with E-state index in [0.29, 0.717) is 15.8 Å². The molecule has 1 aliphatic rings. The third-order valence-corrected chi connectivity index (χ3v) is 5.36. The normalized spacial score (nSPS) is 14.9. The van der Waals surface area contributed by atoms with Crippen LogP contribution in [0.5, 0.6) is 11.5 Å². The second kappa shape index (κ2) is 8.30.